The predicted molar refractivity (Wildman–Crippen MR) is 69.3 cm³/mol. The van der Waals surface area contributed by atoms with Gasteiger partial charge in [0.15, 0.2) is 0 Å². The largest absolute Gasteiger partial charge is 0.389 e. The fourth-order valence-electron chi connectivity index (χ4n) is 2.12. The molecule has 0 unspecified atom stereocenters. The quantitative estimate of drug-likeness (QED) is 0.870. The van der Waals surface area contributed by atoms with Gasteiger partial charge in [0.2, 0.25) is 0 Å². The van der Waals surface area contributed by atoms with Crippen LogP contribution in [-0.2, 0) is 0 Å². The van der Waals surface area contributed by atoms with Crippen LogP contribution in [0.15, 0.2) is 17.5 Å². The van der Waals surface area contributed by atoms with Gasteiger partial charge in [-0.2, -0.15) is 0 Å². The van der Waals surface area contributed by atoms with E-state index in [-0.39, 0.29) is 0 Å². The average molecular weight is 240 g/mol. The van der Waals surface area contributed by atoms with Crippen LogP contribution in [0.25, 0.3) is 0 Å². The van der Waals surface area contributed by atoms with Crippen molar-refractivity contribution in [2.24, 2.45) is 0 Å². The number of thiophene rings is 1. The fraction of sp³-hybridized carbons (Fsp3) is 0.667. The number of hydrogen-bond acceptors (Lipinski definition) is 4. The summed E-state index contributed by atoms with van der Waals surface area (Å²) in [5.74, 6) is 0. The maximum Gasteiger partial charge on any atom is 0.0909 e. The minimum atomic E-state index is -0.578. The first kappa shape index (κ1) is 11.9. The molecular formula is C12H20N2OS. The van der Waals surface area contributed by atoms with Gasteiger partial charge in [-0.1, -0.05) is 0 Å². The molecule has 1 aromatic heterocycles. The Bertz CT molecular complexity index is 310. The van der Waals surface area contributed by atoms with Crippen molar-refractivity contribution in [3.05, 3.63) is 17.5 Å². The van der Waals surface area contributed by atoms with E-state index in [1.165, 1.54) is 5.00 Å². The van der Waals surface area contributed by atoms with Crippen LogP contribution in [0.5, 0.6) is 0 Å². The standard InChI is InChI=1S/C12H20N2OS/c1-12(2,15)10-13-5-7-14(8-6-13)11-4-3-9-16-11/h3-4,9,15H,5-8,10H2,1-2H3. The average Bonchev–Trinajstić information content (AvgIpc) is 2.69. The lowest BCUT2D eigenvalue weighted by Gasteiger charge is -2.37. The van der Waals surface area contributed by atoms with Gasteiger partial charge in [-0.3, -0.25) is 4.90 Å². The van der Waals surface area contributed by atoms with E-state index in [0.29, 0.717) is 0 Å². The SMILES string of the molecule is CC(C)(O)CN1CCN(c2cccs2)CC1. The Morgan fingerprint density at radius 2 is 2.00 bits per heavy atom. The monoisotopic (exact) mass is 240 g/mol. The molecule has 16 heavy (non-hydrogen) atoms. The molecule has 0 atom stereocenters. The van der Waals surface area contributed by atoms with Gasteiger partial charge in [0.1, 0.15) is 0 Å². The number of rotatable bonds is 3. The van der Waals surface area contributed by atoms with Crippen LogP contribution in [0.1, 0.15) is 13.8 Å². The zero-order valence-electron chi connectivity index (χ0n) is 10.0. The molecule has 1 saturated heterocycles. The molecule has 0 amide bonds. The highest BCUT2D eigenvalue weighted by molar-refractivity contribution is 7.14. The van der Waals surface area contributed by atoms with Gasteiger partial charge in [0.25, 0.3) is 0 Å². The lowest BCUT2D eigenvalue weighted by atomic mass is 10.1. The molecule has 90 valence electrons. The maximum atomic E-state index is 9.77. The van der Waals surface area contributed by atoms with Gasteiger partial charge >= 0.3 is 0 Å². The molecule has 1 aromatic rings. The van der Waals surface area contributed by atoms with Crippen LogP contribution in [0.4, 0.5) is 5.00 Å². The third kappa shape index (κ3) is 3.20. The van der Waals surface area contributed by atoms with Gasteiger partial charge in [-0.25, -0.2) is 0 Å². The van der Waals surface area contributed by atoms with Crippen molar-refractivity contribution in [1.82, 2.24) is 4.90 Å². The second-order valence-corrected chi connectivity index (χ2v) is 5.95. The van der Waals surface area contributed by atoms with Crippen LogP contribution in [0.3, 0.4) is 0 Å². The number of aliphatic hydroxyl groups is 1. The lowest BCUT2D eigenvalue weighted by Crippen LogP contribution is -2.50. The van der Waals surface area contributed by atoms with E-state index in [2.05, 4.69) is 27.3 Å². The Morgan fingerprint density at radius 1 is 1.31 bits per heavy atom. The number of piperazine rings is 1. The van der Waals surface area contributed by atoms with Crippen molar-refractivity contribution in [2.75, 3.05) is 37.6 Å². The summed E-state index contributed by atoms with van der Waals surface area (Å²) in [6.07, 6.45) is 0. The van der Waals surface area contributed by atoms with Crippen molar-refractivity contribution in [1.29, 1.82) is 0 Å². The Kier molecular flexibility index (Phi) is 3.52. The van der Waals surface area contributed by atoms with Crippen LogP contribution in [0, 0.1) is 0 Å². The third-order valence-corrected chi connectivity index (χ3v) is 3.73. The van der Waals surface area contributed by atoms with Crippen molar-refractivity contribution >= 4 is 16.3 Å². The van der Waals surface area contributed by atoms with Gasteiger partial charge in [0, 0.05) is 32.7 Å². The van der Waals surface area contributed by atoms with Gasteiger partial charge in [0.05, 0.1) is 10.6 Å². The number of hydrogen-bond donors (Lipinski definition) is 1. The molecule has 1 N–H and O–H groups in total. The zero-order chi connectivity index (χ0) is 11.6. The molecule has 1 aliphatic heterocycles. The van der Waals surface area contributed by atoms with E-state index in [1.54, 1.807) is 11.3 Å². The van der Waals surface area contributed by atoms with E-state index < -0.39 is 5.60 Å². The molecule has 2 rings (SSSR count). The molecular weight excluding hydrogens is 220 g/mol. The van der Waals surface area contributed by atoms with Gasteiger partial charge < -0.3 is 10.0 Å². The van der Waals surface area contributed by atoms with Crippen molar-refractivity contribution in [3.63, 3.8) is 0 Å². The van der Waals surface area contributed by atoms with Crippen molar-refractivity contribution in [3.8, 4) is 0 Å². The number of nitrogens with zero attached hydrogens (tertiary/aromatic N) is 2. The minimum absolute atomic E-state index is 0.578. The Hall–Kier alpha value is -0.580. The first-order chi connectivity index (χ1) is 7.54. The molecule has 0 spiro atoms. The highest BCUT2D eigenvalue weighted by Crippen LogP contribution is 2.22. The zero-order valence-corrected chi connectivity index (χ0v) is 10.8. The van der Waals surface area contributed by atoms with Gasteiger partial charge in [-0.15, -0.1) is 11.3 Å². The topological polar surface area (TPSA) is 26.7 Å². The fourth-order valence-corrected chi connectivity index (χ4v) is 2.91. The van der Waals surface area contributed by atoms with Gasteiger partial charge in [-0.05, 0) is 31.4 Å². The summed E-state index contributed by atoms with van der Waals surface area (Å²) in [5, 5.41) is 13.3. The van der Waals surface area contributed by atoms with E-state index >= 15 is 0 Å². The summed E-state index contributed by atoms with van der Waals surface area (Å²) in [5.41, 5.74) is -0.578. The van der Waals surface area contributed by atoms with E-state index in [4.69, 9.17) is 0 Å². The second-order valence-electron chi connectivity index (χ2n) is 5.03. The summed E-state index contributed by atoms with van der Waals surface area (Å²) in [4.78, 5) is 4.76. The van der Waals surface area contributed by atoms with E-state index in [0.717, 1.165) is 32.7 Å². The highest BCUT2D eigenvalue weighted by Gasteiger charge is 2.22. The van der Waals surface area contributed by atoms with Crippen LogP contribution < -0.4 is 4.90 Å². The molecule has 2 heterocycles. The summed E-state index contributed by atoms with van der Waals surface area (Å²) in [7, 11) is 0. The predicted octanol–water partition coefficient (Wildman–Crippen LogP) is 1.64. The summed E-state index contributed by atoms with van der Waals surface area (Å²) in [6, 6.07) is 4.28. The van der Waals surface area contributed by atoms with Crippen LogP contribution >= 0.6 is 11.3 Å². The molecule has 4 heteroatoms. The summed E-state index contributed by atoms with van der Waals surface area (Å²) >= 11 is 1.80. The smallest absolute Gasteiger partial charge is 0.0909 e. The summed E-state index contributed by atoms with van der Waals surface area (Å²) in [6.45, 7) is 8.74. The Morgan fingerprint density at radius 3 is 2.50 bits per heavy atom. The minimum Gasteiger partial charge on any atom is -0.389 e. The number of anilines is 1. The summed E-state index contributed by atoms with van der Waals surface area (Å²) < 4.78 is 0. The maximum absolute atomic E-state index is 9.77. The second kappa shape index (κ2) is 4.73. The van der Waals surface area contributed by atoms with Crippen LogP contribution in [-0.4, -0.2) is 48.3 Å². The molecule has 0 aromatic carbocycles. The molecule has 0 saturated carbocycles. The molecule has 0 radical (unpaired) electrons. The van der Waals surface area contributed by atoms with E-state index in [1.807, 2.05) is 13.8 Å². The van der Waals surface area contributed by atoms with Crippen molar-refractivity contribution in [2.45, 2.75) is 19.4 Å². The normalized spacial score (nSPS) is 19.1. The van der Waals surface area contributed by atoms with Crippen molar-refractivity contribution < 1.29 is 5.11 Å². The molecule has 0 bridgehead atoms. The first-order valence-electron chi connectivity index (χ1n) is 5.78. The molecule has 1 fully saturated rings. The Balaban J connectivity index is 1.83. The Labute approximate surface area is 101 Å². The molecule has 3 nitrogen and oxygen atoms in total. The molecule has 0 aliphatic carbocycles. The molecule has 1 aliphatic rings. The van der Waals surface area contributed by atoms with Crippen LogP contribution in [0.2, 0.25) is 0 Å². The lowest BCUT2D eigenvalue weighted by molar-refractivity contribution is 0.0345. The third-order valence-electron chi connectivity index (χ3n) is 2.80. The highest BCUT2D eigenvalue weighted by atomic mass is 32.1. The van der Waals surface area contributed by atoms with E-state index in [9.17, 15) is 5.11 Å². The first-order valence-corrected chi connectivity index (χ1v) is 6.66. The number of β-amino-alcohol motifs (C(OH)–C–C–N with tert-alkyl or cyclic N) is 1.